The topological polar surface area (TPSA) is 177 Å². The van der Waals surface area contributed by atoms with Crippen molar-refractivity contribution in [3.05, 3.63) is 227 Å². The first-order valence-electron chi connectivity index (χ1n) is 22.1. The first-order chi connectivity index (χ1) is 32.0. The van der Waals surface area contributed by atoms with Gasteiger partial charge in [0.15, 0.2) is 56.8 Å². The number of nitro groups is 3. The number of benzene rings is 4. The Hall–Kier alpha value is -8.07. The van der Waals surface area contributed by atoms with E-state index in [9.17, 15) is 30.3 Å². The van der Waals surface area contributed by atoms with Gasteiger partial charge in [-0.05, 0) is 90.6 Å². The Bertz CT molecular complexity index is 2510. The molecule has 0 aliphatic carbocycles. The maximum absolute atomic E-state index is 11.2. The summed E-state index contributed by atoms with van der Waals surface area (Å²) in [7, 11) is 0. The van der Waals surface area contributed by atoms with Gasteiger partial charge in [-0.3, -0.25) is 30.3 Å². The summed E-state index contributed by atoms with van der Waals surface area (Å²) in [5, 5.41) is 43.8. The van der Waals surface area contributed by atoms with Crippen LogP contribution in [0.1, 0.15) is 70.8 Å². The monoisotopic (exact) mass is 888 g/mol. The zero-order valence-electron chi connectivity index (χ0n) is 37.4. The number of rotatable bonds is 21. The third-order valence-electron chi connectivity index (χ3n) is 11.8. The Labute approximate surface area is 383 Å². The molecule has 4 aromatic carbocycles. The van der Waals surface area contributed by atoms with Crippen molar-refractivity contribution in [2.24, 2.45) is 0 Å². The second-order valence-corrected chi connectivity index (χ2v) is 16.1. The molecule has 0 saturated carbocycles. The molecule has 15 nitrogen and oxygen atoms in total. The van der Waals surface area contributed by atoms with Gasteiger partial charge >= 0.3 is 0 Å². The number of nitrogens with zero attached hydrogens (tertiary/aromatic N) is 6. The van der Waals surface area contributed by atoms with E-state index in [2.05, 4.69) is 124 Å². The number of anilines is 3. The van der Waals surface area contributed by atoms with Gasteiger partial charge in [-0.1, -0.05) is 20.8 Å². The molecule has 336 valence electrons. The van der Waals surface area contributed by atoms with Crippen LogP contribution in [0.15, 0.2) is 146 Å². The molecule has 0 radical (unpaired) electrons. The third-order valence-corrected chi connectivity index (χ3v) is 11.8. The molecule has 0 saturated heterocycles. The van der Waals surface area contributed by atoms with E-state index >= 15 is 0 Å². The van der Waals surface area contributed by atoms with Crippen LogP contribution in [0.25, 0.3) is 0 Å². The second-order valence-electron chi connectivity index (χ2n) is 16.1. The first kappa shape index (κ1) is 45.9. The zero-order valence-corrected chi connectivity index (χ0v) is 37.4. The third kappa shape index (κ3) is 11.5. The van der Waals surface area contributed by atoms with Crippen molar-refractivity contribution in [1.82, 2.24) is 0 Å². The molecule has 66 heavy (non-hydrogen) atoms. The Morgan fingerprint density at radius 1 is 0.394 bits per heavy atom. The lowest BCUT2D eigenvalue weighted by molar-refractivity contribution is -0.691. The highest BCUT2D eigenvalue weighted by Crippen LogP contribution is 2.31. The fraction of sp³-hybridized carbons (Fsp3) is 0.235. The number of pyridine rings is 3. The minimum Gasteiger partial charge on any atom is -0.381 e. The van der Waals surface area contributed by atoms with Crippen LogP contribution in [0, 0.1) is 30.3 Å². The van der Waals surface area contributed by atoms with Crippen LogP contribution >= 0.6 is 0 Å². The summed E-state index contributed by atoms with van der Waals surface area (Å²) in [4.78, 5) is 32.4. The average molecular weight is 889 g/mol. The molecule has 0 unspecified atom stereocenters. The summed E-state index contributed by atoms with van der Waals surface area (Å²) in [6.45, 7) is 10.3. The van der Waals surface area contributed by atoms with Crippen molar-refractivity contribution >= 4 is 34.1 Å². The molecule has 0 aliphatic heterocycles. The van der Waals surface area contributed by atoms with Crippen LogP contribution in [0.5, 0.6) is 0 Å². The summed E-state index contributed by atoms with van der Waals surface area (Å²) in [5.74, 6) is 0. The van der Waals surface area contributed by atoms with Gasteiger partial charge in [-0.15, -0.1) is 0 Å². The van der Waals surface area contributed by atoms with E-state index in [1.54, 1.807) is 36.4 Å². The van der Waals surface area contributed by atoms with Crippen molar-refractivity contribution in [2.45, 2.75) is 79.3 Å². The number of nitro benzene ring substituents is 3. The van der Waals surface area contributed by atoms with Crippen molar-refractivity contribution in [3.8, 4) is 0 Å². The van der Waals surface area contributed by atoms with Gasteiger partial charge in [0, 0.05) is 125 Å². The normalized spacial score (nSPS) is 11.0. The largest absolute Gasteiger partial charge is 0.381 e. The molecule has 3 N–H and O–H groups in total. The molecule has 0 bridgehead atoms. The highest BCUT2D eigenvalue weighted by molar-refractivity contribution is 5.53. The van der Waals surface area contributed by atoms with Crippen molar-refractivity contribution in [3.63, 3.8) is 0 Å². The van der Waals surface area contributed by atoms with Crippen LogP contribution in [-0.2, 0) is 58.5 Å². The van der Waals surface area contributed by atoms with Gasteiger partial charge in [0.05, 0.1) is 14.8 Å². The van der Waals surface area contributed by atoms with E-state index in [0.29, 0.717) is 39.3 Å². The number of non-ortho nitro benzene ring substituents is 3. The van der Waals surface area contributed by atoms with E-state index in [-0.39, 0.29) is 17.1 Å². The summed E-state index contributed by atoms with van der Waals surface area (Å²) in [6, 6.07) is 31.8. The SMILES string of the molecule is CCc1c(C[n+]2cccc(CNc3ccc([N+](=O)[O-])cc3)c2)c(CC)c(C[n+]2cccc(CNc3ccc([N+](=O)[O-])cc3)c2)c(CC)c1C[n+]1cccc(CNc2ccc([N+](=O)[O-])cc2)c1. The molecule has 7 aromatic rings. The number of aromatic nitrogens is 3. The van der Waals surface area contributed by atoms with Crippen LogP contribution in [0.3, 0.4) is 0 Å². The van der Waals surface area contributed by atoms with E-state index in [1.165, 1.54) is 69.8 Å². The maximum Gasteiger partial charge on any atom is 0.269 e. The van der Waals surface area contributed by atoms with Gasteiger partial charge in [-0.25, -0.2) is 13.7 Å². The highest BCUT2D eigenvalue weighted by Gasteiger charge is 2.27. The van der Waals surface area contributed by atoms with E-state index in [4.69, 9.17) is 0 Å². The van der Waals surface area contributed by atoms with Crippen molar-refractivity contribution < 1.29 is 28.5 Å². The molecule has 15 heteroatoms. The quantitative estimate of drug-likeness (QED) is 0.0361. The van der Waals surface area contributed by atoms with Crippen molar-refractivity contribution in [1.29, 1.82) is 0 Å². The summed E-state index contributed by atoms with van der Waals surface area (Å²) >= 11 is 0. The average Bonchev–Trinajstić information content (AvgIpc) is 3.33. The van der Waals surface area contributed by atoms with Gasteiger partial charge < -0.3 is 16.0 Å². The summed E-state index contributed by atoms with van der Waals surface area (Å²) < 4.78 is 6.73. The molecule has 0 fully saturated rings. The lowest BCUT2D eigenvalue weighted by Crippen LogP contribution is -2.39. The second kappa shape index (κ2) is 21.5. The fourth-order valence-electron chi connectivity index (χ4n) is 8.55. The summed E-state index contributed by atoms with van der Waals surface area (Å²) in [6.07, 6.45) is 15.3. The van der Waals surface area contributed by atoms with Crippen LogP contribution in [0.2, 0.25) is 0 Å². The molecular weight excluding hydrogens is 835 g/mol. The summed E-state index contributed by atoms with van der Waals surface area (Å²) in [5.41, 5.74) is 13.7. The fourth-order valence-corrected chi connectivity index (χ4v) is 8.55. The predicted octanol–water partition coefficient (Wildman–Crippen LogP) is 8.94. The lowest BCUT2D eigenvalue weighted by Gasteiger charge is -2.23. The molecule has 0 spiro atoms. The highest BCUT2D eigenvalue weighted by atomic mass is 16.6. The molecule has 3 heterocycles. The molecule has 3 aromatic heterocycles. The Kier molecular flexibility index (Phi) is 15.0. The number of nitrogens with one attached hydrogen (secondary N) is 3. The molecule has 7 rings (SSSR count). The molecule has 0 amide bonds. The standard InChI is InChI=1S/C51H54N9O6/c1-4-46-49(34-55-25-7-10-37(31-55)28-52-40-13-19-43(20-14-40)58(61)62)47(5-2)51(36-57-27-9-12-39(33-57)30-54-42-17-23-45(24-18-42)60(65)66)48(6-3)50(46)35-56-26-8-11-38(32-56)29-53-41-15-21-44(22-16-41)59(63)64/h7-27,31-33,52-54H,4-6,28-30,34-36H2,1-3H3/q+3. The Morgan fingerprint density at radius 2 is 0.652 bits per heavy atom. The Balaban J connectivity index is 1.22. The van der Waals surface area contributed by atoms with E-state index < -0.39 is 14.8 Å². The van der Waals surface area contributed by atoms with Crippen LogP contribution in [-0.4, -0.2) is 14.8 Å². The lowest BCUT2D eigenvalue weighted by atomic mass is 9.83. The van der Waals surface area contributed by atoms with Gasteiger partial charge in [-0.2, -0.15) is 0 Å². The predicted molar refractivity (Wildman–Crippen MR) is 253 cm³/mol. The van der Waals surface area contributed by atoms with Crippen LogP contribution in [0.4, 0.5) is 34.1 Å². The zero-order chi connectivity index (χ0) is 46.6. The van der Waals surface area contributed by atoms with E-state index in [0.717, 1.165) is 53.0 Å². The van der Waals surface area contributed by atoms with Crippen molar-refractivity contribution in [2.75, 3.05) is 16.0 Å². The molecule has 0 aliphatic rings. The number of hydrogen-bond donors (Lipinski definition) is 3. The number of hydrogen-bond acceptors (Lipinski definition) is 9. The molecule has 0 atom stereocenters. The van der Waals surface area contributed by atoms with Gasteiger partial charge in [0.2, 0.25) is 0 Å². The minimum absolute atomic E-state index is 0.0509. The van der Waals surface area contributed by atoms with Gasteiger partial charge in [0.25, 0.3) is 17.1 Å². The van der Waals surface area contributed by atoms with Gasteiger partial charge in [0.1, 0.15) is 0 Å². The van der Waals surface area contributed by atoms with E-state index in [1.807, 2.05) is 0 Å². The molecular formula is C51H54N9O6+3. The maximum atomic E-state index is 11.2. The smallest absolute Gasteiger partial charge is 0.269 e. The minimum atomic E-state index is -0.400. The first-order valence-corrected chi connectivity index (χ1v) is 22.1. The van der Waals surface area contributed by atoms with Crippen LogP contribution < -0.4 is 29.7 Å². The Morgan fingerprint density at radius 3 is 0.879 bits per heavy atom.